The molecule has 0 radical (unpaired) electrons. The number of hydrogen-bond acceptors (Lipinski definition) is 2. The minimum absolute atomic E-state index is 0.0433. The van der Waals surface area contributed by atoms with E-state index in [-0.39, 0.29) is 11.3 Å². The van der Waals surface area contributed by atoms with Gasteiger partial charge in [-0.15, -0.1) is 0 Å². The summed E-state index contributed by atoms with van der Waals surface area (Å²) in [6.45, 7) is 0. The van der Waals surface area contributed by atoms with Gasteiger partial charge in [0, 0.05) is 10.2 Å². The van der Waals surface area contributed by atoms with E-state index in [4.69, 9.17) is 11.5 Å². The highest BCUT2D eigenvalue weighted by molar-refractivity contribution is 9.10. The molecule has 1 aromatic carbocycles. The van der Waals surface area contributed by atoms with Crippen LogP contribution in [0.4, 0.5) is 18.9 Å². The summed E-state index contributed by atoms with van der Waals surface area (Å²) in [7, 11) is 0. The summed E-state index contributed by atoms with van der Waals surface area (Å²) in [5.41, 5.74) is 10.6. The standard InChI is InChI=1S/C8H8BrF3N2/c9-5-2-1-4(3-6(5)13)7(14)8(10,11)12/h1-3,7H,13-14H2/t7-/m0/s1. The molecule has 0 fully saturated rings. The van der Waals surface area contributed by atoms with Gasteiger partial charge in [-0.25, -0.2) is 0 Å². The van der Waals surface area contributed by atoms with Crippen LogP contribution in [0.3, 0.4) is 0 Å². The van der Waals surface area contributed by atoms with Gasteiger partial charge < -0.3 is 11.5 Å². The molecule has 6 heteroatoms. The Bertz CT molecular complexity index is 338. The van der Waals surface area contributed by atoms with Crippen LogP contribution in [0.15, 0.2) is 22.7 Å². The zero-order valence-electron chi connectivity index (χ0n) is 6.98. The van der Waals surface area contributed by atoms with Crippen LogP contribution in [0, 0.1) is 0 Å². The van der Waals surface area contributed by atoms with Crippen molar-refractivity contribution in [3.63, 3.8) is 0 Å². The molecule has 0 aromatic heterocycles. The fourth-order valence-corrected chi connectivity index (χ4v) is 1.19. The van der Waals surface area contributed by atoms with Crippen molar-refractivity contribution >= 4 is 21.6 Å². The lowest BCUT2D eigenvalue weighted by Crippen LogP contribution is -2.28. The number of nitrogen functional groups attached to an aromatic ring is 1. The summed E-state index contributed by atoms with van der Waals surface area (Å²) in [6.07, 6.45) is -4.44. The highest BCUT2D eigenvalue weighted by Gasteiger charge is 2.37. The second-order valence-corrected chi connectivity index (χ2v) is 3.65. The van der Waals surface area contributed by atoms with Gasteiger partial charge in [0.05, 0.1) is 0 Å². The van der Waals surface area contributed by atoms with E-state index in [1.807, 2.05) is 0 Å². The third-order valence-corrected chi connectivity index (χ3v) is 2.45. The molecule has 1 aromatic rings. The van der Waals surface area contributed by atoms with Gasteiger partial charge in [0.1, 0.15) is 6.04 Å². The normalized spacial score (nSPS) is 14.1. The third kappa shape index (κ3) is 2.39. The first-order valence-corrected chi connectivity index (χ1v) is 4.49. The smallest absolute Gasteiger partial charge is 0.398 e. The van der Waals surface area contributed by atoms with Crippen molar-refractivity contribution in [2.45, 2.75) is 12.2 Å². The Balaban J connectivity index is 3.03. The lowest BCUT2D eigenvalue weighted by molar-refractivity contribution is -0.149. The van der Waals surface area contributed by atoms with E-state index < -0.39 is 12.2 Å². The van der Waals surface area contributed by atoms with Crippen molar-refractivity contribution in [2.75, 3.05) is 5.73 Å². The van der Waals surface area contributed by atoms with Gasteiger partial charge >= 0.3 is 6.18 Å². The lowest BCUT2D eigenvalue weighted by atomic mass is 10.1. The van der Waals surface area contributed by atoms with Crippen LogP contribution in [0.5, 0.6) is 0 Å². The number of hydrogen-bond donors (Lipinski definition) is 2. The minimum Gasteiger partial charge on any atom is -0.398 e. The topological polar surface area (TPSA) is 52.0 Å². The highest BCUT2D eigenvalue weighted by atomic mass is 79.9. The quantitative estimate of drug-likeness (QED) is 0.770. The predicted octanol–water partition coefficient (Wildman–Crippen LogP) is 2.59. The Kier molecular flexibility index (Phi) is 3.06. The molecule has 1 rings (SSSR count). The zero-order chi connectivity index (χ0) is 10.9. The maximum atomic E-state index is 12.2. The Morgan fingerprint density at radius 2 is 1.86 bits per heavy atom. The largest absolute Gasteiger partial charge is 0.407 e. The second-order valence-electron chi connectivity index (χ2n) is 2.80. The van der Waals surface area contributed by atoms with Gasteiger partial charge in [-0.2, -0.15) is 13.2 Å². The van der Waals surface area contributed by atoms with Crippen molar-refractivity contribution in [2.24, 2.45) is 5.73 Å². The molecule has 0 unspecified atom stereocenters. The average molecular weight is 269 g/mol. The van der Waals surface area contributed by atoms with E-state index in [1.165, 1.54) is 18.2 Å². The molecule has 0 aliphatic carbocycles. The summed E-state index contributed by atoms with van der Waals surface area (Å²) >= 11 is 3.08. The summed E-state index contributed by atoms with van der Waals surface area (Å²) in [5.74, 6) is 0. The van der Waals surface area contributed by atoms with Crippen LogP contribution in [0.2, 0.25) is 0 Å². The molecule has 1 atom stereocenters. The Morgan fingerprint density at radius 3 is 2.29 bits per heavy atom. The van der Waals surface area contributed by atoms with Crippen LogP contribution in [-0.2, 0) is 0 Å². The van der Waals surface area contributed by atoms with Crippen LogP contribution in [0.1, 0.15) is 11.6 Å². The van der Waals surface area contributed by atoms with Gasteiger partial charge in [-0.1, -0.05) is 6.07 Å². The molecule has 0 bridgehead atoms. The lowest BCUT2D eigenvalue weighted by Gasteiger charge is -2.16. The van der Waals surface area contributed by atoms with Crippen molar-refractivity contribution in [1.29, 1.82) is 0 Å². The third-order valence-electron chi connectivity index (χ3n) is 1.73. The predicted molar refractivity (Wildman–Crippen MR) is 51.5 cm³/mol. The average Bonchev–Trinajstić information content (AvgIpc) is 2.07. The van der Waals surface area contributed by atoms with Crippen LogP contribution in [-0.4, -0.2) is 6.18 Å². The van der Waals surface area contributed by atoms with E-state index in [1.54, 1.807) is 0 Å². The van der Waals surface area contributed by atoms with E-state index in [9.17, 15) is 13.2 Å². The van der Waals surface area contributed by atoms with Crippen LogP contribution < -0.4 is 11.5 Å². The summed E-state index contributed by atoms with van der Waals surface area (Å²) in [4.78, 5) is 0. The van der Waals surface area contributed by atoms with Gasteiger partial charge in [-0.05, 0) is 33.6 Å². The van der Waals surface area contributed by atoms with E-state index >= 15 is 0 Å². The molecule has 78 valence electrons. The van der Waals surface area contributed by atoms with Gasteiger partial charge in [0.15, 0.2) is 0 Å². The van der Waals surface area contributed by atoms with Crippen LogP contribution in [0.25, 0.3) is 0 Å². The Morgan fingerprint density at radius 1 is 1.29 bits per heavy atom. The summed E-state index contributed by atoms with van der Waals surface area (Å²) in [6, 6.07) is 1.95. The molecule has 0 amide bonds. The van der Waals surface area contributed by atoms with Crippen molar-refractivity contribution in [3.8, 4) is 0 Å². The van der Waals surface area contributed by atoms with E-state index in [0.717, 1.165) is 0 Å². The second kappa shape index (κ2) is 3.78. The number of halogens is 4. The molecule has 4 N–H and O–H groups in total. The molecule has 0 saturated heterocycles. The first-order valence-electron chi connectivity index (χ1n) is 3.69. The minimum atomic E-state index is -4.44. The first kappa shape index (κ1) is 11.3. The van der Waals surface area contributed by atoms with Crippen molar-refractivity contribution in [1.82, 2.24) is 0 Å². The zero-order valence-corrected chi connectivity index (χ0v) is 8.56. The van der Waals surface area contributed by atoms with Gasteiger partial charge in [0.25, 0.3) is 0 Å². The molecular formula is C8H8BrF3N2. The Hall–Kier alpha value is -0.750. The molecular weight excluding hydrogens is 261 g/mol. The number of nitrogens with two attached hydrogens (primary N) is 2. The Labute approximate surface area is 87.2 Å². The SMILES string of the molecule is Nc1cc([C@H](N)C(F)(F)F)ccc1Br. The molecule has 0 saturated carbocycles. The fraction of sp³-hybridized carbons (Fsp3) is 0.250. The maximum absolute atomic E-state index is 12.2. The monoisotopic (exact) mass is 268 g/mol. The number of rotatable bonds is 1. The van der Waals surface area contributed by atoms with Gasteiger partial charge in [0.2, 0.25) is 0 Å². The molecule has 14 heavy (non-hydrogen) atoms. The molecule has 0 aliphatic heterocycles. The number of alkyl halides is 3. The van der Waals surface area contributed by atoms with Crippen LogP contribution >= 0.6 is 15.9 Å². The molecule has 2 nitrogen and oxygen atoms in total. The first-order chi connectivity index (χ1) is 6.32. The molecule has 0 aliphatic rings. The fourth-order valence-electron chi connectivity index (χ4n) is 0.945. The number of benzene rings is 1. The summed E-state index contributed by atoms with van der Waals surface area (Å²) < 4.78 is 37.1. The maximum Gasteiger partial charge on any atom is 0.407 e. The van der Waals surface area contributed by atoms with E-state index in [2.05, 4.69) is 15.9 Å². The molecule has 0 heterocycles. The summed E-state index contributed by atoms with van der Waals surface area (Å²) in [5, 5.41) is 0. The van der Waals surface area contributed by atoms with Crippen molar-refractivity contribution in [3.05, 3.63) is 28.2 Å². The van der Waals surface area contributed by atoms with Crippen molar-refractivity contribution < 1.29 is 13.2 Å². The van der Waals surface area contributed by atoms with E-state index in [0.29, 0.717) is 4.47 Å². The highest BCUT2D eigenvalue weighted by Crippen LogP contribution is 2.32. The number of anilines is 1. The molecule has 0 spiro atoms. The van der Waals surface area contributed by atoms with Gasteiger partial charge in [-0.3, -0.25) is 0 Å².